The zero-order valence-corrected chi connectivity index (χ0v) is 15.3. The maximum absolute atomic E-state index is 9.18. The molecule has 132 valence electrons. The van der Waals surface area contributed by atoms with Crippen LogP contribution < -0.4 is 0 Å². The Balaban J connectivity index is 2.17. The van der Waals surface area contributed by atoms with Crippen LogP contribution in [-0.2, 0) is 4.74 Å². The summed E-state index contributed by atoms with van der Waals surface area (Å²) in [6.45, 7) is 8.68. The lowest BCUT2D eigenvalue weighted by atomic mass is 10.0. The minimum absolute atomic E-state index is 0.122. The first-order valence-corrected chi connectivity index (χ1v) is 8.77. The molecule has 1 rings (SSSR count). The van der Waals surface area contributed by atoms with Crippen LogP contribution in [0.5, 0.6) is 0 Å². The second kappa shape index (κ2) is 10.1. The number of hydrogen-bond donors (Lipinski definition) is 2. The summed E-state index contributed by atoms with van der Waals surface area (Å²) < 4.78 is 5.52. The Bertz CT molecular complexity index is 448. The van der Waals surface area contributed by atoms with Crippen molar-refractivity contribution in [3.05, 3.63) is 34.9 Å². The average molecular weight is 322 g/mol. The molecule has 23 heavy (non-hydrogen) atoms. The molecule has 0 radical (unpaired) electrons. The van der Waals surface area contributed by atoms with Crippen LogP contribution in [0.1, 0.15) is 66.2 Å². The van der Waals surface area contributed by atoms with Crippen LogP contribution in [0.25, 0.3) is 0 Å². The van der Waals surface area contributed by atoms with Gasteiger partial charge in [-0.2, -0.15) is 0 Å². The first kappa shape index (κ1) is 20.1. The molecule has 2 atom stereocenters. The van der Waals surface area contributed by atoms with E-state index in [2.05, 4.69) is 32.9 Å². The Morgan fingerprint density at radius 1 is 0.913 bits per heavy atom. The van der Waals surface area contributed by atoms with Crippen LogP contribution in [0.4, 0.5) is 0 Å². The van der Waals surface area contributed by atoms with Gasteiger partial charge in [0.25, 0.3) is 0 Å². The molecule has 0 aliphatic carbocycles. The van der Waals surface area contributed by atoms with Gasteiger partial charge in [0.2, 0.25) is 0 Å². The Kier molecular flexibility index (Phi) is 8.82. The summed E-state index contributed by atoms with van der Waals surface area (Å²) in [5, 5.41) is 18.0. The minimum atomic E-state index is -0.276. The summed E-state index contributed by atoms with van der Waals surface area (Å²) in [5.74, 6) is 0. The van der Waals surface area contributed by atoms with E-state index in [1.165, 1.54) is 16.7 Å². The zero-order valence-electron chi connectivity index (χ0n) is 15.3. The molecule has 0 spiro atoms. The Hall–Kier alpha value is -0.900. The largest absolute Gasteiger partial charge is 0.393 e. The maximum atomic E-state index is 9.18. The minimum Gasteiger partial charge on any atom is -0.393 e. The summed E-state index contributed by atoms with van der Waals surface area (Å²) in [7, 11) is 0. The number of ether oxygens (including phenoxy) is 1. The van der Waals surface area contributed by atoms with Gasteiger partial charge in [-0.25, -0.2) is 0 Å². The van der Waals surface area contributed by atoms with Crippen molar-refractivity contribution in [1.29, 1.82) is 0 Å². The molecule has 0 aromatic rings. The van der Waals surface area contributed by atoms with Crippen molar-refractivity contribution in [3.63, 3.8) is 0 Å². The lowest BCUT2D eigenvalue weighted by Gasteiger charge is -2.03. The van der Waals surface area contributed by atoms with Crippen molar-refractivity contribution in [2.45, 2.75) is 77.9 Å². The fourth-order valence-corrected chi connectivity index (χ4v) is 2.71. The Morgan fingerprint density at radius 3 is 1.91 bits per heavy atom. The first-order valence-electron chi connectivity index (χ1n) is 8.77. The Labute approximate surface area is 141 Å². The average Bonchev–Trinajstić information content (AvgIpc) is 3.17. The molecule has 3 nitrogen and oxygen atoms in total. The van der Waals surface area contributed by atoms with Crippen molar-refractivity contribution in [3.8, 4) is 0 Å². The lowest BCUT2D eigenvalue weighted by molar-refractivity contribution is 0.184. The van der Waals surface area contributed by atoms with Crippen LogP contribution in [-0.4, -0.2) is 35.1 Å². The van der Waals surface area contributed by atoms with Gasteiger partial charge in [-0.1, -0.05) is 34.9 Å². The van der Waals surface area contributed by atoms with Crippen molar-refractivity contribution < 1.29 is 14.9 Å². The molecule has 1 aliphatic rings. The first-order chi connectivity index (χ1) is 10.9. The topological polar surface area (TPSA) is 53.0 Å². The number of aliphatic hydroxyl groups is 2. The molecule has 0 amide bonds. The molecule has 1 heterocycles. The van der Waals surface area contributed by atoms with Gasteiger partial charge in [-0.05, 0) is 66.2 Å². The molecule has 0 aromatic carbocycles. The quantitative estimate of drug-likeness (QED) is 0.440. The third-order valence-corrected chi connectivity index (χ3v) is 4.65. The van der Waals surface area contributed by atoms with Gasteiger partial charge in [0.05, 0.1) is 19.3 Å². The zero-order chi connectivity index (χ0) is 17.3. The second-order valence-electron chi connectivity index (χ2n) is 7.03. The van der Waals surface area contributed by atoms with Gasteiger partial charge >= 0.3 is 0 Å². The standard InChI is InChI=1S/C20H34O3/c1-16(8-6-10-18(3)13-14-21)7-5-9-17(2)11-12-19-20(4,15-22)23-19/h8-9,13,19,21-22H,5-7,10-12,14-15H2,1-4H3/b16-8+,17-9+,18-13+/t19-,20-/m1/s1. The lowest BCUT2D eigenvalue weighted by Crippen LogP contribution is -2.14. The summed E-state index contributed by atoms with van der Waals surface area (Å²) in [5.41, 5.74) is 3.83. The monoisotopic (exact) mass is 322 g/mol. The molecule has 0 unspecified atom stereocenters. The normalized spacial score (nSPS) is 25.8. The highest BCUT2D eigenvalue weighted by Crippen LogP contribution is 2.39. The number of aliphatic hydroxyl groups excluding tert-OH is 2. The molecule has 0 saturated carbocycles. The van der Waals surface area contributed by atoms with E-state index in [-0.39, 0.29) is 24.9 Å². The number of hydrogen-bond acceptors (Lipinski definition) is 3. The van der Waals surface area contributed by atoms with Gasteiger partial charge < -0.3 is 14.9 Å². The molecule has 3 heteroatoms. The molecule has 1 fully saturated rings. The predicted molar refractivity (Wildman–Crippen MR) is 96.4 cm³/mol. The van der Waals surface area contributed by atoms with E-state index in [0.29, 0.717) is 0 Å². The third-order valence-electron chi connectivity index (χ3n) is 4.65. The summed E-state index contributed by atoms with van der Waals surface area (Å²) >= 11 is 0. The maximum Gasteiger partial charge on any atom is 0.115 e. The van der Waals surface area contributed by atoms with Gasteiger partial charge in [-0.3, -0.25) is 0 Å². The smallest absolute Gasteiger partial charge is 0.115 e. The number of allylic oxidation sites excluding steroid dienone is 5. The van der Waals surface area contributed by atoms with E-state index in [4.69, 9.17) is 9.84 Å². The van der Waals surface area contributed by atoms with Crippen molar-refractivity contribution in [2.24, 2.45) is 0 Å². The van der Waals surface area contributed by atoms with Crippen molar-refractivity contribution in [1.82, 2.24) is 0 Å². The van der Waals surface area contributed by atoms with Crippen molar-refractivity contribution >= 4 is 0 Å². The fraction of sp³-hybridized carbons (Fsp3) is 0.700. The van der Waals surface area contributed by atoms with E-state index in [0.717, 1.165) is 38.5 Å². The number of rotatable bonds is 11. The van der Waals surface area contributed by atoms with E-state index >= 15 is 0 Å². The summed E-state index contributed by atoms with van der Waals surface area (Å²) in [6.07, 6.45) is 13.1. The molecule has 1 aliphatic heterocycles. The summed E-state index contributed by atoms with van der Waals surface area (Å²) in [4.78, 5) is 0. The molecular weight excluding hydrogens is 288 g/mol. The Morgan fingerprint density at radius 2 is 1.43 bits per heavy atom. The number of epoxide rings is 1. The second-order valence-corrected chi connectivity index (χ2v) is 7.03. The van der Waals surface area contributed by atoms with E-state index in [1.54, 1.807) is 0 Å². The van der Waals surface area contributed by atoms with Gasteiger partial charge in [-0.15, -0.1) is 0 Å². The van der Waals surface area contributed by atoms with Crippen LogP contribution in [0.3, 0.4) is 0 Å². The molecule has 1 saturated heterocycles. The highest BCUT2D eigenvalue weighted by Gasteiger charge is 2.50. The van der Waals surface area contributed by atoms with E-state index < -0.39 is 0 Å². The molecule has 0 bridgehead atoms. The predicted octanol–water partition coefficient (Wildman–Crippen LogP) is 4.31. The van der Waals surface area contributed by atoms with Gasteiger partial charge in [0.15, 0.2) is 0 Å². The van der Waals surface area contributed by atoms with Crippen LogP contribution in [0, 0.1) is 0 Å². The third kappa shape index (κ3) is 7.96. The molecule has 0 aromatic heterocycles. The highest BCUT2D eigenvalue weighted by atomic mass is 16.6. The van der Waals surface area contributed by atoms with Gasteiger partial charge in [0, 0.05) is 0 Å². The van der Waals surface area contributed by atoms with Gasteiger partial charge in [0.1, 0.15) is 5.60 Å². The van der Waals surface area contributed by atoms with Crippen LogP contribution in [0.15, 0.2) is 34.9 Å². The summed E-state index contributed by atoms with van der Waals surface area (Å²) in [6, 6.07) is 0. The molecular formula is C20H34O3. The van der Waals surface area contributed by atoms with E-state index in [1.807, 2.05) is 13.0 Å². The van der Waals surface area contributed by atoms with E-state index in [9.17, 15) is 5.11 Å². The SMILES string of the molecule is C/C(=C\CO)CC/C=C(\C)CC/C=C(\C)CC[C@H]1O[C@]1(C)CO. The molecule has 2 N–H and O–H groups in total. The van der Waals surface area contributed by atoms with Crippen LogP contribution >= 0.6 is 0 Å². The fourth-order valence-electron chi connectivity index (χ4n) is 2.71. The van der Waals surface area contributed by atoms with Crippen molar-refractivity contribution in [2.75, 3.05) is 13.2 Å². The highest BCUT2D eigenvalue weighted by molar-refractivity contribution is 5.07. The van der Waals surface area contributed by atoms with Crippen LogP contribution in [0.2, 0.25) is 0 Å².